The van der Waals surface area contributed by atoms with Crippen LogP contribution in [0.15, 0.2) is 18.3 Å². The zero-order valence-electron chi connectivity index (χ0n) is 13.0. The van der Waals surface area contributed by atoms with E-state index in [4.69, 9.17) is 16.7 Å². The molecule has 0 aliphatic carbocycles. The third kappa shape index (κ3) is 5.78. The average molecular weight is 355 g/mol. The van der Waals surface area contributed by atoms with Crippen molar-refractivity contribution in [2.45, 2.75) is 12.8 Å². The second-order valence-corrected chi connectivity index (χ2v) is 6.03. The number of anilines is 1. The highest BCUT2D eigenvalue weighted by Crippen LogP contribution is 2.18. The fourth-order valence-electron chi connectivity index (χ4n) is 2.52. The molecule has 24 heavy (non-hydrogen) atoms. The summed E-state index contributed by atoms with van der Waals surface area (Å²) in [5.74, 6) is -1.42. The lowest BCUT2D eigenvalue weighted by Crippen LogP contribution is -2.46. The van der Waals surface area contributed by atoms with Crippen LogP contribution < -0.4 is 10.6 Å². The summed E-state index contributed by atoms with van der Waals surface area (Å²) >= 11 is 5.75. The Morgan fingerprint density at radius 3 is 2.83 bits per heavy atom. The van der Waals surface area contributed by atoms with Crippen LogP contribution in [0.5, 0.6) is 0 Å². The number of carboxylic acid groups (broad SMARTS) is 1. The van der Waals surface area contributed by atoms with E-state index in [1.54, 1.807) is 12.1 Å². The van der Waals surface area contributed by atoms with Crippen LogP contribution in [-0.4, -0.2) is 59.0 Å². The van der Waals surface area contributed by atoms with E-state index in [0.29, 0.717) is 23.9 Å². The minimum Gasteiger partial charge on any atom is -0.480 e. The van der Waals surface area contributed by atoms with E-state index in [9.17, 15) is 14.4 Å². The predicted octanol–water partition coefficient (Wildman–Crippen LogP) is 0.586. The number of carbonyl (C=O) groups is 3. The smallest absolute Gasteiger partial charge is 0.322 e. The van der Waals surface area contributed by atoms with Crippen LogP contribution >= 0.6 is 11.6 Å². The molecule has 130 valence electrons. The number of nitrogens with one attached hydrogen (secondary N) is 2. The molecule has 1 aromatic heterocycles. The molecule has 2 rings (SSSR count). The van der Waals surface area contributed by atoms with Gasteiger partial charge in [-0.15, -0.1) is 0 Å². The van der Waals surface area contributed by atoms with E-state index in [0.717, 1.165) is 12.8 Å². The number of carboxylic acids is 1. The van der Waals surface area contributed by atoms with Crippen LogP contribution in [-0.2, 0) is 14.4 Å². The van der Waals surface area contributed by atoms with Crippen LogP contribution in [0.2, 0.25) is 5.02 Å². The van der Waals surface area contributed by atoms with Crippen LogP contribution in [0.3, 0.4) is 0 Å². The maximum absolute atomic E-state index is 12.3. The highest BCUT2D eigenvalue weighted by atomic mass is 35.5. The Balaban J connectivity index is 1.83. The number of rotatable bonds is 6. The van der Waals surface area contributed by atoms with Crippen LogP contribution in [0.25, 0.3) is 0 Å². The number of pyridine rings is 1. The number of piperidine rings is 1. The lowest BCUT2D eigenvalue weighted by Gasteiger charge is -2.31. The molecule has 9 heteroatoms. The van der Waals surface area contributed by atoms with Crippen molar-refractivity contribution in [3.8, 4) is 0 Å². The van der Waals surface area contributed by atoms with Crippen molar-refractivity contribution < 1.29 is 19.5 Å². The molecule has 0 radical (unpaired) electrons. The Labute approximate surface area is 144 Å². The number of hydrogen-bond donors (Lipinski definition) is 3. The van der Waals surface area contributed by atoms with Crippen molar-refractivity contribution in [3.63, 3.8) is 0 Å². The first-order valence-electron chi connectivity index (χ1n) is 7.57. The molecule has 1 aliphatic heterocycles. The van der Waals surface area contributed by atoms with E-state index < -0.39 is 12.5 Å². The molecule has 8 nitrogen and oxygen atoms in total. The Morgan fingerprint density at radius 2 is 2.17 bits per heavy atom. The van der Waals surface area contributed by atoms with Gasteiger partial charge in [0.1, 0.15) is 12.4 Å². The molecule has 1 saturated heterocycles. The summed E-state index contributed by atoms with van der Waals surface area (Å²) in [5.41, 5.74) is 0. The van der Waals surface area contributed by atoms with Crippen molar-refractivity contribution in [2.24, 2.45) is 5.92 Å². The maximum Gasteiger partial charge on any atom is 0.322 e. The molecule has 1 atom stereocenters. The Morgan fingerprint density at radius 1 is 1.38 bits per heavy atom. The minimum atomic E-state index is -1.09. The molecule has 0 bridgehead atoms. The number of likely N-dealkylation sites (tertiary alicyclic amines) is 1. The molecule has 1 unspecified atom stereocenters. The lowest BCUT2D eigenvalue weighted by atomic mass is 9.97. The molecule has 1 aromatic rings. The van der Waals surface area contributed by atoms with E-state index in [1.807, 2.05) is 4.90 Å². The average Bonchev–Trinajstić information content (AvgIpc) is 2.55. The number of nitrogens with zero attached hydrogens (tertiary/aromatic N) is 2. The molecule has 3 N–H and O–H groups in total. The number of aliphatic carboxylic acids is 1. The third-order valence-electron chi connectivity index (χ3n) is 3.66. The summed E-state index contributed by atoms with van der Waals surface area (Å²) in [4.78, 5) is 40.3. The second-order valence-electron chi connectivity index (χ2n) is 5.60. The molecule has 1 fully saturated rings. The van der Waals surface area contributed by atoms with Crippen LogP contribution in [0.1, 0.15) is 12.8 Å². The van der Waals surface area contributed by atoms with Gasteiger partial charge < -0.3 is 15.7 Å². The number of hydrogen-bond acceptors (Lipinski definition) is 5. The summed E-state index contributed by atoms with van der Waals surface area (Å²) in [5, 5.41) is 14.1. The van der Waals surface area contributed by atoms with Gasteiger partial charge in [-0.1, -0.05) is 11.6 Å². The lowest BCUT2D eigenvalue weighted by molar-refractivity contribution is -0.138. The summed E-state index contributed by atoms with van der Waals surface area (Å²) in [6, 6.07) is 3.27. The molecule has 1 aliphatic rings. The summed E-state index contributed by atoms with van der Waals surface area (Å²) in [6.07, 6.45) is 2.97. The minimum absolute atomic E-state index is 0.0796. The van der Waals surface area contributed by atoms with Gasteiger partial charge in [0.05, 0.1) is 17.5 Å². The predicted molar refractivity (Wildman–Crippen MR) is 87.7 cm³/mol. The Bertz CT molecular complexity index is 608. The molecule has 2 amide bonds. The van der Waals surface area contributed by atoms with Gasteiger partial charge in [-0.3, -0.25) is 19.3 Å². The highest BCUT2D eigenvalue weighted by molar-refractivity contribution is 6.30. The third-order valence-corrected chi connectivity index (χ3v) is 3.88. The van der Waals surface area contributed by atoms with Crippen molar-refractivity contribution in [2.75, 3.05) is 31.5 Å². The Kier molecular flexibility index (Phi) is 6.51. The van der Waals surface area contributed by atoms with Gasteiger partial charge in [0.15, 0.2) is 0 Å². The van der Waals surface area contributed by atoms with Crippen molar-refractivity contribution in [1.29, 1.82) is 0 Å². The zero-order valence-corrected chi connectivity index (χ0v) is 13.8. The van der Waals surface area contributed by atoms with E-state index in [2.05, 4.69) is 15.6 Å². The molecule has 2 heterocycles. The summed E-state index contributed by atoms with van der Waals surface area (Å²) in [7, 11) is 0. The fourth-order valence-corrected chi connectivity index (χ4v) is 2.64. The normalized spacial score (nSPS) is 18.0. The molecular weight excluding hydrogens is 336 g/mol. The van der Waals surface area contributed by atoms with Gasteiger partial charge in [0.2, 0.25) is 11.8 Å². The van der Waals surface area contributed by atoms with Crippen molar-refractivity contribution in [1.82, 2.24) is 15.2 Å². The van der Waals surface area contributed by atoms with Gasteiger partial charge in [0.25, 0.3) is 0 Å². The quantitative estimate of drug-likeness (QED) is 0.689. The first-order chi connectivity index (χ1) is 11.4. The number of amides is 2. The maximum atomic E-state index is 12.3. The Hall–Kier alpha value is -2.19. The first kappa shape index (κ1) is 18.2. The van der Waals surface area contributed by atoms with E-state index in [1.165, 1.54) is 6.20 Å². The molecule has 0 spiro atoms. The highest BCUT2D eigenvalue weighted by Gasteiger charge is 2.27. The van der Waals surface area contributed by atoms with Gasteiger partial charge in [0, 0.05) is 12.7 Å². The van der Waals surface area contributed by atoms with Gasteiger partial charge in [-0.25, -0.2) is 4.98 Å². The van der Waals surface area contributed by atoms with Gasteiger partial charge in [-0.05, 0) is 31.5 Å². The zero-order chi connectivity index (χ0) is 17.5. The van der Waals surface area contributed by atoms with E-state index in [-0.39, 0.29) is 24.3 Å². The number of aromatic nitrogens is 1. The number of halogens is 1. The van der Waals surface area contributed by atoms with Crippen LogP contribution in [0, 0.1) is 5.92 Å². The molecule has 0 aromatic carbocycles. The number of carbonyl (C=O) groups excluding carboxylic acids is 2. The SMILES string of the molecule is O=C(O)CNC(=O)CN1CCCC(C(=O)Nc2ccc(Cl)cn2)C1. The molecular formula is C15H19ClN4O4. The van der Waals surface area contributed by atoms with E-state index >= 15 is 0 Å². The van der Waals surface area contributed by atoms with Gasteiger partial charge in [-0.2, -0.15) is 0 Å². The molecule has 0 saturated carbocycles. The largest absolute Gasteiger partial charge is 0.480 e. The monoisotopic (exact) mass is 354 g/mol. The van der Waals surface area contributed by atoms with Crippen molar-refractivity contribution in [3.05, 3.63) is 23.4 Å². The summed E-state index contributed by atoms with van der Waals surface area (Å²) in [6.45, 7) is 0.818. The standard InChI is InChI=1S/C15H19ClN4O4/c16-11-3-4-12(17-6-11)19-15(24)10-2-1-5-20(8-10)9-13(21)18-7-14(22)23/h3-4,6,10H,1-2,5,7-9H2,(H,18,21)(H,22,23)(H,17,19,24). The summed E-state index contributed by atoms with van der Waals surface area (Å²) < 4.78 is 0. The topological polar surface area (TPSA) is 112 Å². The van der Waals surface area contributed by atoms with Crippen molar-refractivity contribution >= 4 is 35.2 Å². The van der Waals surface area contributed by atoms with Gasteiger partial charge >= 0.3 is 5.97 Å². The fraction of sp³-hybridized carbons (Fsp3) is 0.467. The second kappa shape index (κ2) is 8.60. The first-order valence-corrected chi connectivity index (χ1v) is 7.95. The van der Waals surface area contributed by atoms with Crippen LogP contribution in [0.4, 0.5) is 5.82 Å².